The zero-order chi connectivity index (χ0) is 19.4. The standard InChI is InChI=1S/C18H19Cl2N3O3S/c19-15-5-6-16(20)17(9-15)27(25,26)23-8-2-4-14(12-23)18(24)22-11-13-3-1-7-21-10-13/h1,3,5-7,9-10,14H,2,4,8,11-12H2,(H,22,24). The van der Waals surface area contributed by atoms with Crippen LogP contribution in [0.2, 0.25) is 10.0 Å². The molecule has 1 fully saturated rings. The first kappa shape index (κ1) is 20.1. The Morgan fingerprint density at radius 3 is 2.85 bits per heavy atom. The normalized spacial score (nSPS) is 18.2. The molecule has 0 radical (unpaired) electrons. The predicted octanol–water partition coefficient (Wildman–Crippen LogP) is 3.11. The molecule has 1 aromatic carbocycles. The van der Waals surface area contributed by atoms with Gasteiger partial charge in [-0.1, -0.05) is 29.3 Å². The minimum Gasteiger partial charge on any atom is -0.352 e. The van der Waals surface area contributed by atoms with Gasteiger partial charge < -0.3 is 5.32 Å². The van der Waals surface area contributed by atoms with Gasteiger partial charge in [-0.05, 0) is 42.7 Å². The van der Waals surface area contributed by atoms with E-state index in [0.29, 0.717) is 31.0 Å². The molecule has 0 spiro atoms. The maximum Gasteiger partial charge on any atom is 0.244 e. The topological polar surface area (TPSA) is 79.4 Å². The van der Waals surface area contributed by atoms with Crippen LogP contribution in [0.3, 0.4) is 0 Å². The van der Waals surface area contributed by atoms with Gasteiger partial charge in [-0.25, -0.2) is 8.42 Å². The van der Waals surface area contributed by atoms with Crippen molar-refractivity contribution in [2.24, 2.45) is 5.92 Å². The number of hydrogen-bond acceptors (Lipinski definition) is 4. The molecule has 1 aromatic heterocycles. The van der Waals surface area contributed by atoms with Crippen LogP contribution in [0.1, 0.15) is 18.4 Å². The van der Waals surface area contributed by atoms with Crippen molar-refractivity contribution in [3.05, 3.63) is 58.3 Å². The largest absolute Gasteiger partial charge is 0.352 e. The lowest BCUT2D eigenvalue weighted by Gasteiger charge is -2.31. The molecular weight excluding hydrogens is 409 g/mol. The molecule has 2 aromatic rings. The van der Waals surface area contributed by atoms with E-state index in [2.05, 4.69) is 10.3 Å². The lowest BCUT2D eigenvalue weighted by molar-refractivity contribution is -0.126. The Morgan fingerprint density at radius 1 is 1.30 bits per heavy atom. The second kappa shape index (κ2) is 8.56. The number of carbonyl (C=O) groups excluding carboxylic acids is 1. The van der Waals surface area contributed by atoms with E-state index in [0.717, 1.165) is 5.56 Å². The maximum atomic E-state index is 13.0. The third-order valence-electron chi connectivity index (χ3n) is 4.46. The molecule has 27 heavy (non-hydrogen) atoms. The van der Waals surface area contributed by atoms with Gasteiger partial charge in [0.1, 0.15) is 4.90 Å². The van der Waals surface area contributed by atoms with Crippen LogP contribution < -0.4 is 5.32 Å². The summed E-state index contributed by atoms with van der Waals surface area (Å²) in [5.41, 5.74) is 0.886. The molecule has 6 nitrogen and oxygen atoms in total. The van der Waals surface area contributed by atoms with Crippen LogP contribution in [0.5, 0.6) is 0 Å². The molecule has 1 aliphatic heterocycles. The van der Waals surface area contributed by atoms with Crippen molar-refractivity contribution in [3.63, 3.8) is 0 Å². The molecule has 3 rings (SSSR count). The fraction of sp³-hybridized carbons (Fsp3) is 0.333. The summed E-state index contributed by atoms with van der Waals surface area (Å²) in [4.78, 5) is 16.5. The molecule has 9 heteroatoms. The van der Waals surface area contributed by atoms with E-state index in [1.807, 2.05) is 6.07 Å². The molecule has 2 heterocycles. The minimum absolute atomic E-state index is 0.0342. The summed E-state index contributed by atoms with van der Waals surface area (Å²) in [6.45, 7) is 0.817. The fourth-order valence-electron chi connectivity index (χ4n) is 3.02. The average Bonchev–Trinajstić information content (AvgIpc) is 2.68. The van der Waals surface area contributed by atoms with Gasteiger partial charge in [0.2, 0.25) is 15.9 Å². The highest BCUT2D eigenvalue weighted by atomic mass is 35.5. The Morgan fingerprint density at radius 2 is 2.11 bits per heavy atom. The number of nitrogens with zero attached hydrogens (tertiary/aromatic N) is 2. The van der Waals surface area contributed by atoms with Crippen molar-refractivity contribution in [1.82, 2.24) is 14.6 Å². The Kier molecular flexibility index (Phi) is 6.37. The highest BCUT2D eigenvalue weighted by Crippen LogP contribution is 2.30. The van der Waals surface area contributed by atoms with Gasteiger partial charge in [0.15, 0.2) is 0 Å². The first-order valence-electron chi connectivity index (χ1n) is 8.50. The molecule has 1 atom stereocenters. The summed E-state index contributed by atoms with van der Waals surface area (Å²) in [5, 5.41) is 3.26. The van der Waals surface area contributed by atoms with E-state index in [9.17, 15) is 13.2 Å². The van der Waals surface area contributed by atoms with Gasteiger partial charge in [0.25, 0.3) is 0 Å². The summed E-state index contributed by atoms with van der Waals surface area (Å²) in [5.74, 6) is -0.584. The van der Waals surface area contributed by atoms with E-state index in [-0.39, 0.29) is 22.4 Å². The third-order valence-corrected chi connectivity index (χ3v) is 7.04. The second-order valence-electron chi connectivity index (χ2n) is 6.36. The van der Waals surface area contributed by atoms with Gasteiger partial charge in [-0.15, -0.1) is 0 Å². The van der Waals surface area contributed by atoms with E-state index in [1.54, 1.807) is 18.5 Å². The van der Waals surface area contributed by atoms with Crippen LogP contribution in [0.25, 0.3) is 0 Å². The van der Waals surface area contributed by atoms with Gasteiger partial charge in [-0.3, -0.25) is 9.78 Å². The van der Waals surface area contributed by atoms with Crippen molar-refractivity contribution >= 4 is 39.1 Å². The number of carbonyl (C=O) groups is 1. The second-order valence-corrected chi connectivity index (χ2v) is 9.11. The fourth-order valence-corrected chi connectivity index (χ4v) is 5.29. The highest BCUT2D eigenvalue weighted by Gasteiger charge is 2.34. The van der Waals surface area contributed by atoms with Crippen molar-refractivity contribution < 1.29 is 13.2 Å². The van der Waals surface area contributed by atoms with Crippen molar-refractivity contribution in [2.75, 3.05) is 13.1 Å². The Hall–Kier alpha value is -1.67. The van der Waals surface area contributed by atoms with Gasteiger partial charge in [0, 0.05) is 37.1 Å². The first-order valence-corrected chi connectivity index (χ1v) is 10.7. The van der Waals surface area contributed by atoms with Crippen LogP contribution in [-0.2, 0) is 21.4 Å². The Balaban J connectivity index is 1.69. The molecule has 1 aliphatic rings. The molecule has 1 N–H and O–H groups in total. The molecular formula is C18H19Cl2N3O3S. The van der Waals surface area contributed by atoms with Gasteiger partial charge >= 0.3 is 0 Å². The smallest absolute Gasteiger partial charge is 0.244 e. The number of hydrogen-bond donors (Lipinski definition) is 1. The number of benzene rings is 1. The van der Waals surface area contributed by atoms with Crippen molar-refractivity contribution in [1.29, 1.82) is 0 Å². The van der Waals surface area contributed by atoms with E-state index >= 15 is 0 Å². The number of amides is 1. The highest BCUT2D eigenvalue weighted by molar-refractivity contribution is 7.89. The average molecular weight is 428 g/mol. The van der Waals surface area contributed by atoms with Gasteiger partial charge in [-0.2, -0.15) is 4.31 Å². The SMILES string of the molecule is O=C(NCc1cccnc1)C1CCCN(S(=O)(=O)c2cc(Cl)ccc2Cl)C1. The molecule has 0 bridgehead atoms. The van der Waals surface area contributed by atoms with E-state index in [4.69, 9.17) is 23.2 Å². The minimum atomic E-state index is -3.82. The number of sulfonamides is 1. The molecule has 0 aliphatic carbocycles. The molecule has 1 amide bonds. The molecule has 144 valence electrons. The summed E-state index contributed by atoms with van der Waals surface area (Å²) in [7, 11) is -3.82. The van der Waals surface area contributed by atoms with Crippen LogP contribution in [-0.4, -0.2) is 36.7 Å². The zero-order valence-electron chi connectivity index (χ0n) is 14.4. The predicted molar refractivity (Wildman–Crippen MR) is 104 cm³/mol. The summed E-state index contributed by atoms with van der Waals surface area (Å²) in [6, 6.07) is 8.00. The Labute approximate surface area is 168 Å². The monoisotopic (exact) mass is 427 g/mol. The molecule has 0 saturated carbocycles. The Bertz CT molecular complexity index is 923. The first-order chi connectivity index (χ1) is 12.9. The lowest BCUT2D eigenvalue weighted by atomic mass is 9.99. The summed E-state index contributed by atoms with van der Waals surface area (Å²) in [6.07, 6.45) is 4.58. The summed E-state index contributed by atoms with van der Waals surface area (Å²) < 4.78 is 27.2. The zero-order valence-corrected chi connectivity index (χ0v) is 16.8. The van der Waals surface area contributed by atoms with Crippen molar-refractivity contribution in [2.45, 2.75) is 24.3 Å². The third kappa shape index (κ3) is 4.79. The van der Waals surface area contributed by atoms with Crippen LogP contribution >= 0.6 is 23.2 Å². The molecule has 1 unspecified atom stereocenters. The lowest BCUT2D eigenvalue weighted by Crippen LogP contribution is -2.45. The number of nitrogens with one attached hydrogen (secondary N) is 1. The van der Waals surface area contributed by atoms with E-state index in [1.165, 1.54) is 22.5 Å². The van der Waals surface area contributed by atoms with Crippen LogP contribution in [0.4, 0.5) is 0 Å². The number of rotatable bonds is 5. The maximum absolute atomic E-state index is 13.0. The summed E-state index contributed by atoms with van der Waals surface area (Å²) >= 11 is 12.0. The number of pyridine rings is 1. The quantitative estimate of drug-likeness (QED) is 0.794. The molecule has 1 saturated heterocycles. The number of halogens is 2. The van der Waals surface area contributed by atoms with Gasteiger partial charge in [0.05, 0.1) is 10.9 Å². The van der Waals surface area contributed by atoms with Crippen molar-refractivity contribution in [3.8, 4) is 0 Å². The van der Waals surface area contributed by atoms with Crippen LogP contribution in [0, 0.1) is 5.92 Å². The number of piperidine rings is 1. The van der Waals surface area contributed by atoms with Crippen LogP contribution in [0.15, 0.2) is 47.6 Å². The van der Waals surface area contributed by atoms with E-state index < -0.39 is 15.9 Å². The number of aromatic nitrogens is 1.